The van der Waals surface area contributed by atoms with Crippen LogP contribution in [0, 0.1) is 13.8 Å². The fourth-order valence-corrected chi connectivity index (χ4v) is 5.43. The van der Waals surface area contributed by atoms with Crippen LogP contribution in [0.25, 0.3) is 5.65 Å². The van der Waals surface area contributed by atoms with Crippen molar-refractivity contribution in [2.24, 2.45) is 0 Å². The largest absolute Gasteiger partial charge is 0.356 e. The van der Waals surface area contributed by atoms with Gasteiger partial charge < -0.3 is 9.80 Å². The Morgan fingerprint density at radius 3 is 2.66 bits per heavy atom. The molecule has 5 heterocycles. The van der Waals surface area contributed by atoms with Crippen molar-refractivity contribution in [2.75, 3.05) is 24.5 Å². The molecule has 2 saturated heterocycles. The van der Waals surface area contributed by atoms with Gasteiger partial charge in [0.1, 0.15) is 5.82 Å². The number of thiophene rings is 1. The van der Waals surface area contributed by atoms with Crippen LogP contribution in [0.3, 0.4) is 0 Å². The van der Waals surface area contributed by atoms with Gasteiger partial charge in [-0.25, -0.2) is 9.50 Å². The molecule has 3 aromatic heterocycles. The highest BCUT2D eigenvalue weighted by Gasteiger charge is 2.31. The van der Waals surface area contributed by atoms with Gasteiger partial charge >= 0.3 is 0 Å². The van der Waals surface area contributed by atoms with E-state index in [9.17, 15) is 4.79 Å². The molecule has 2 aliphatic rings. The third-order valence-corrected chi connectivity index (χ3v) is 7.07. The van der Waals surface area contributed by atoms with Crippen LogP contribution in [0.5, 0.6) is 0 Å². The molecule has 0 spiro atoms. The summed E-state index contributed by atoms with van der Waals surface area (Å²) in [6.45, 7) is 7.10. The van der Waals surface area contributed by atoms with Crippen molar-refractivity contribution in [2.45, 2.75) is 52.0 Å². The highest BCUT2D eigenvalue weighted by molar-refractivity contribution is 7.13. The number of aryl methyl sites for hydroxylation is 2. The molecule has 0 aliphatic carbocycles. The zero-order chi connectivity index (χ0) is 20.0. The van der Waals surface area contributed by atoms with E-state index in [1.807, 2.05) is 28.5 Å². The first-order valence-corrected chi connectivity index (χ1v) is 11.4. The number of fused-ring (bicyclic) bond motifs is 1. The smallest absolute Gasteiger partial charge is 0.264 e. The molecule has 0 aromatic carbocycles. The molecule has 3 aromatic rings. The molecule has 1 atom stereocenters. The van der Waals surface area contributed by atoms with Crippen LogP contribution in [0.4, 0.5) is 5.82 Å². The van der Waals surface area contributed by atoms with Crippen molar-refractivity contribution >= 4 is 28.7 Å². The lowest BCUT2D eigenvalue weighted by atomic mass is 9.99. The third kappa shape index (κ3) is 3.41. The van der Waals surface area contributed by atoms with Gasteiger partial charge in [0.2, 0.25) is 0 Å². The fraction of sp³-hybridized carbons (Fsp3) is 0.500. The monoisotopic (exact) mass is 409 g/mol. The average molecular weight is 410 g/mol. The lowest BCUT2D eigenvalue weighted by Crippen LogP contribution is -2.38. The van der Waals surface area contributed by atoms with Crippen LogP contribution >= 0.6 is 11.3 Å². The Labute approximate surface area is 175 Å². The van der Waals surface area contributed by atoms with Crippen LogP contribution in [-0.4, -0.2) is 45.0 Å². The Morgan fingerprint density at radius 2 is 1.90 bits per heavy atom. The Morgan fingerprint density at radius 1 is 1.10 bits per heavy atom. The molecular formula is C22H27N5OS. The minimum Gasteiger partial charge on any atom is -0.356 e. The number of nitrogens with zero attached hydrogens (tertiary/aromatic N) is 5. The Bertz CT molecular complexity index is 1050. The van der Waals surface area contributed by atoms with E-state index in [1.165, 1.54) is 17.7 Å². The molecule has 152 valence electrons. The summed E-state index contributed by atoms with van der Waals surface area (Å²) in [6, 6.07) is 6.07. The zero-order valence-corrected chi connectivity index (χ0v) is 17.9. The molecule has 0 unspecified atom stereocenters. The summed E-state index contributed by atoms with van der Waals surface area (Å²) in [5.74, 6) is 1.21. The maximum atomic E-state index is 13.2. The summed E-state index contributed by atoms with van der Waals surface area (Å²) in [7, 11) is 0. The summed E-state index contributed by atoms with van der Waals surface area (Å²) in [6.07, 6.45) is 7.68. The van der Waals surface area contributed by atoms with Gasteiger partial charge in [0.25, 0.3) is 5.91 Å². The first kappa shape index (κ1) is 18.6. The number of amides is 1. The van der Waals surface area contributed by atoms with Gasteiger partial charge in [-0.05, 0) is 58.1 Å². The van der Waals surface area contributed by atoms with Crippen LogP contribution in [0.2, 0.25) is 0 Å². The second-order valence-corrected chi connectivity index (χ2v) is 9.52. The van der Waals surface area contributed by atoms with Crippen molar-refractivity contribution in [3.63, 3.8) is 0 Å². The van der Waals surface area contributed by atoms with Gasteiger partial charge in [-0.3, -0.25) is 4.79 Å². The van der Waals surface area contributed by atoms with Gasteiger partial charge in [0, 0.05) is 42.3 Å². The zero-order valence-electron chi connectivity index (χ0n) is 17.1. The Kier molecular flexibility index (Phi) is 4.78. The van der Waals surface area contributed by atoms with E-state index >= 15 is 0 Å². The van der Waals surface area contributed by atoms with Gasteiger partial charge in [-0.1, -0.05) is 0 Å². The van der Waals surface area contributed by atoms with Gasteiger partial charge in [0.15, 0.2) is 5.65 Å². The highest BCUT2D eigenvalue weighted by Crippen LogP contribution is 2.33. The van der Waals surface area contributed by atoms with Crippen LogP contribution in [0.15, 0.2) is 24.4 Å². The summed E-state index contributed by atoms with van der Waals surface area (Å²) in [5, 5.41) is 4.84. The van der Waals surface area contributed by atoms with E-state index < -0.39 is 0 Å². The lowest BCUT2D eigenvalue weighted by molar-refractivity contribution is 0.0611. The van der Waals surface area contributed by atoms with Crippen LogP contribution < -0.4 is 4.90 Å². The molecule has 5 rings (SSSR count). The summed E-state index contributed by atoms with van der Waals surface area (Å²) >= 11 is 1.58. The van der Waals surface area contributed by atoms with E-state index in [0.717, 1.165) is 66.5 Å². The molecule has 29 heavy (non-hydrogen) atoms. The minimum absolute atomic E-state index is 0.0240. The number of aromatic nitrogens is 3. The fourth-order valence-electron chi connectivity index (χ4n) is 4.60. The molecule has 7 heteroatoms. The SMILES string of the molecule is Cc1ccc(C(=O)N2CCCC[C@H]2c2cc3nc(N4CCCC4)c(C)cn3n2)s1. The summed E-state index contributed by atoms with van der Waals surface area (Å²) in [4.78, 5) is 24.5. The maximum absolute atomic E-state index is 13.2. The van der Waals surface area contributed by atoms with Crippen molar-refractivity contribution in [1.82, 2.24) is 19.5 Å². The Hall–Kier alpha value is -2.41. The van der Waals surface area contributed by atoms with E-state index in [-0.39, 0.29) is 11.9 Å². The molecule has 2 aliphatic heterocycles. The molecule has 0 bridgehead atoms. The van der Waals surface area contributed by atoms with Gasteiger partial charge in [-0.15, -0.1) is 11.3 Å². The number of hydrogen-bond donors (Lipinski definition) is 0. The number of piperidine rings is 1. The quantitative estimate of drug-likeness (QED) is 0.644. The topological polar surface area (TPSA) is 53.7 Å². The van der Waals surface area contributed by atoms with Crippen molar-refractivity contribution in [3.05, 3.63) is 45.4 Å². The number of rotatable bonds is 3. The number of likely N-dealkylation sites (tertiary alicyclic amines) is 1. The average Bonchev–Trinajstić information content (AvgIpc) is 3.47. The van der Waals surface area contributed by atoms with Gasteiger partial charge in [0.05, 0.1) is 16.6 Å². The first-order chi connectivity index (χ1) is 14.1. The lowest BCUT2D eigenvalue weighted by Gasteiger charge is -2.34. The molecule has 0 radical (unpaired) electrons. The maximum Gasteiger partial charge on any atom is 0.264 e. The predicted octanol–water partition coefficient (Wildman–Crippen LogP) is 4.38. The standard InChI is InChI=1S/C22H27N5OS/c1-15-14-27-20(23-21(15)25-10-5-6-11-25)13-17(24-27)18-7-3-4-12-26(18)22(28)19-9-8-16(2)29-19/h8-9,13-14,18H,3-7,10-12H2,1-2H3/t18-/m0/s1. The van der Waals surface area contributed by atoms with Crippen molar-refractivity contribution < 1.29 is 4.79 Å². The molecular weight excluding hydrogens is 382 g/mol. The molecule has 0 saturated carbocycles. The number of anilines is 1. The second-order valence-electron chi connectivity index (χ2n) is 8.23. The first-order valence-electron chi connectivity index (χ1n) is 10.6. The van der Waals surface area contributed by atoms with E-state index in [4.69, 9.17) is 10.1 Å². The van der Waals surface area contributed by atoms with E-state index in [2.05, 4.69) is 24.1 Å². The number of carbonyl (C=O) groups excluding carboxylic acids is 1. The predicted molar refractivity (Wildman–Crippen MR) is 116 cm³/mol. The van der Waals surface area contributed by atoms with Gasteiger partial charge in [-0.2, -0.15) is 5.10 Å². The second kappa shape index (κ2) is 7.44. The van der Waals surface area contributed by atoms with Crippen molar-refractivity contribution in [1.29, 1.82) is 0 Å². The highest BCUT2D eigenvalue weighted by atomic mass is 32.1. The van der Waals surface area contributed by atoms with Crippen LogP contribution in [-0.2, 0) is 0 Å². The molecule has 6 nitrogen and oxygen atoms in total. The number of hydrogen-bond acceptors (Lipinski definition) is 5. The minimum atomic E-state index is 0.0240. The molecule has 1 amide bonds. The van der Waals surface area contributed by atoms with E-state index in [0.29, 0.717) is 0 Å². The van der Waals surface area contributed by atoms with Crippen LogP contribution in [0.1, 0.15) is 64.0 Å². The summed E-state index contributed by atoms with van der Waals surface area (Å²) in [5.41, 5.74) is 2.98. The number of carbonyl (C=O) groups is 1. The third-order valence-electron chi connectivity index (χ3n) is 6.09. The van der Waals surface area contributed by atoms with E-state index in [1.54, 1.807) is 11.3 Å². The van der Waals surface area contributed by atoms with Crippen molar-refractivity contribution in [3.8, 4) is 0 Å². The molecule has 0 N–H and O–H groups in total. The molecule has 2 fully saturated rings. The summed E-state index contributed by atoms with van der Waals surface area (Å²) < 4.78 is 1.89. The normalized spacial score (nSPS) is 20.0. The Balaban J connectivity index is 1.48.